The molecule has 0 radical (unpaired) electrons. The number of halogens is 2. The molecule has 4 atom stereocenters. The number of carbonyl (C=O) groups excluding carboxylic acids is 3. The molecule has 2 amide bonds. The molecule has 0 aromatic heterocycles. The summed E-state index contributed by atoms with van der Waals surface area (Å²) in [7, 11) is -5.90. The average molecular weight is 767 g/mol. The number of nitrogens with zero attached hydrogens (tertiary/aromatic N) is 1. The molecule has 50 heavy (non-hydrogen) atoms. The van der Waals surface area contributed by atoms with Crippen LogP contribution in [0.15, 0.2) is 60.7 Å². The summed E-state index contributed by atoms with van der Waals surface area (Å²) in [6, 6.07) is 13.8. The zero-order valence-corrected chi connectivity index (χ0v) is 30.7. The van der Waals surface area contributed by atoms with Crippen LogP contribution in [0.5, 0.6) is 5.75 Å². The topological polar surface area (TPSA) is 165 Å². The number of amides is 2. The van der Waals surface area contributed by atoms with E-state index >= 15 is 0 Å². The van der Waals surface area contributed by atoms with E-state index in [1.807, 2.05) is 0 Å². The zero-order chi connectivity index (χ0) is 36.4. The van der Waals surface area contributed by atoms with Crippen molar-refractivity contribution in [1.29, 1.82) is 0 Å². The predicted octanol–water partition coefficient (Wildman–Crippen LogP) is 4.62. The lowest BCUT2D eigenvalue weighted by Gasteiger charge is -2.49. The number of ether oxygens (including phenoxy) is 1. The van der Waals surface area contributed by atoms with Crippen LogP contribution in [0.1, 0.15) is 75.0 Å². The number of Topliss-reactive ketones (excluding diaryl/α,β-unsaturated/α-hetero) is 1. The van der Waals surface area contributed by atoms with E-state index in [0.717, 1.165) is 25.4 Å². The molecule has 1 fully saturated rings. The first-order valence-electron chi connectivity index (χ1n) is 15.7. The van der Waals surface area contributed by atoms with Crippen molar-refractivity contribution < 1.29 is 40.8 Å². The highest BCUT2D eigenvalue weighted by atomic mass is 35.5. The molecule has 2 aliphatic rings. The molecule has 0 spiro atoms. The van der Waals surface area contributed by atoms with Gasteiger partial charge in [0.1, 0.15) is 11.5 Å². The van der Waals surface area contributed by atoms with Crippen molar-refractivity contribution in [3.63, 3.8) is 0 Å². The molecule has 16 heteroatoms. The first-order chi connectivity index (χ1) is 23.6. The van der Waals surface area contributed by atoms with Gasteiger partial charge in [-0.15, -0.1) is 0 Å². The number of benzene rings is 3. The van der Waals surface area contributed by atoms with Gasteiger partial charge >= 0.3 is 0 Å². The summed E-state index contributed by atoms with van der Waals surface area (Å²) in [4.78, 5) is 48.7. The van der Waals surface area contributed by atoms with Crippen LogP contribution in [0.4, 0.5) is 0 Å². The SMILES string of the molecule is COc1ccc(CONC(=O)[C@@H]2c3ccccc3C(=O)N(C3CCCC[C@@H]3NS(C)(=O)=O)[C@H]2c2ccc(Cl)cc2Cl)cc1C(=O)CS(C)(=O)=O. The van der Waals surface area contributed by atoms with E-state index < -0.39 is 61.3 Å². The molecule has 0 saturated heterocycles. The number of hydrogen-bond donors (Lipinski definition) is 2. The Morgan fingerprint density at radius 3 is 2.34 bits per heavy atom. The van der Waals surface area contributed by atoms with Crippen molar-refractivity contribution in [2.45, 2.75) is 56.3 Å². The molecule has 1 saturated carbocycles. The van der Waals surface area contributed by atoms with E-state index in [9.17, 15) is 31.2 Å². The van der Waals surface area contributed by atoms with Gasteiger partial charge in [0.05, 0.1) is 37.5 Å². The molecular formula is C34H37Cl2N3O9S2. The van der Waals surface area contributed by atoms with Gasteiger partial charge in [0.15, 0.2) is 15.6 Å². The van der Waals surface area contributed by atoms with Crippen LogP contribution >= 0.6 is 23.2 Å². The molecule has 268 valence electrons. The van der Waals surface area contributed by atoms with Crippen LogP contribution < -0.4 is 14.9 Å². The number of ketones is 1. The Hall–Kier alpha value is -3.53. The number of rotatable bonds is 12. The van der Waals surface area contributed by atoms with Crippen molar-refractivity contribution in [3.8, 4) is 5.75 Å². The van der Waals surface area contributed by atoms with E-state index in [4.69, 9.17) is 32.8 Å². The highest BCUT2D eigenvalue weighted by Crippen LogP contribution is 2.48. The van der Waals surface area contributed by atoms with Gasteiger partial charge in [-0.3, -0.25) is 19.2 Å². The van der Waals surface area contributed by atoms with Crippen LogP contribution in [0.3, 0.4) is 0 Å². The Balaban J connectivity index is 1.52. The van der Waals surface area contributed by atoms with Crippen LogP contribution in [-0.2, 0) is 36.1 Å². The summed E-state index contributed by atoms with van der Waals surface area (Å²) in [5, 5.41) is 0.562. The highest BCUT2D eigenvalue weighted by molar-refractivity contribution is 7.91. The largest absolute Gasteiger partial charge is 0.496 e. The van der Waals surface area contributed by atoms with E-state index in [1.165, 1.54) is 25.3 Å². The Labute approximate surface area is 301 Å². The summed E-state index contributed by atoms with van der Waals surface area (Å²) in [5.41, 5.74) is 4.13. The van der Waals surface area contributed by atoms with Gasteiger partial charge in [0.25, 0.3) is 11.8 Å². The molecular weight excluding hydrogens is 729 g/mol. The summed E-state index contributed by atoms with van der Waals surface area (Å²) >= 11 is 13.0. The van der Waals surface area contributed by atoms with E-state index in [2.05, 4.69) is 10.2 Å². The second kappa shape index (κ2) is 15.4. The highest BCUT2D eigenvalue weighted by Gasteiger charge is 2.49. The minimum Gasteiger partial charge on any atom is -0.496 e. The number of hydrogen-bond acceptors (Lipinski definition) is 9. The van der Waals surface area contributed by atoms with Crippen molar-refractivity contribution in [1.82, 2.24) is 15.1 Å². The quantitative estimate of drug-likeness (QED) is 0.198. The lowest BCUT2D eigenvalue weighted by molar-refractivity contribution is -0.138. The smallest absolute Gasteiger partial charge is 0.255 e. The van der Waals surface area contributed by atoms with Crippen molar-refractivity contribution in [3.05, 3.63) is 98.5 Å². The number of nitrogens with one attached hydrogen (secondary N) is 2. The minimum absolute atomic E-state index is 0.0443. The number of fused-ring (bicyclic) bond motifs is 1. The number of sulfone groups is 1. The van der Waals surface area contributed by atoms with Gasteiger partial charge in [0, 0.05) is 33.9 Å². The molecule has 1 unspecified atom stereocenters. The van der Waals surface area contributed by atoms with Gasteiger partial charge in [-0.2, -0.15) is 0 Å². The third-order valence-corrected chi connectivity index (χ3v) is 10.8. The van der Waals surface area contributed by atoms with Crippen LogP contribution in [0, 0.1) is 0 Å². The first kappa shape index (κ1) is 37.7. The normalized spacial score (nSPS) is 21.0. The fourth-order valence-corrected chi connectivity index (χ4v) is 8.74. The monoisotopic (exact) mass is 765 g/mol. The fourth-order valence-electron chi connectivity index (χ4n) is 6.76. The maximum absolute atomic E-state index is 14.4. The van der Waals surface area contributed by atoms with Gasteiger partial charge in [-0.1, -0.05) is 66.4 Å². The van der Waals surface area contributed by atoms with E-state index in [0.29, 0.717) is 34.6 Å². The molecule has 1 aliphatic carbocycles. The van der Waals surface area contributed by atoms with Crippen molar-refractivity contribution in [2.75, 3.05) is 25.4 Å². The Bertz CT molecular complexity index is 2030. The number of methoxy groups -OCH3 is 1. The zero-order valence-electron chi connectivity index (χ0n) is 27.5. The minimum atomic E-state index is -3.65. The summed E-state index contributed by atoms with van der Waals surface area (Å²) in [5.74, 6) is -3.24. The van der Waals surface area contributed by atoms with Crippen molar-refractivity contribution in [2.24, 2.45) is 0 Å². The summed E-state index contributed by atoms with van der Waals surface area (Å²) in [6.07, 6.45) is 4.47. The Morgan fingerprint density at radius 2 is 1.66 bits per heavy atom. The van der Waals surface area contributed by atoms with Crippen LogP contribution in [0.25, 0.3) is 0 Å². The predicted molar refractivity (Wildman–Crippen MR) is 189 cm³/mol. The number of sulfonamides is 1. The molecule has 0 bridgehead atoms. The van der Waals surface area contributed by atoms with E-state index in [-0.39, 0.29) is 34.4 Å². The van der Waals surface area contributed by atoms with E-state index in [1.54, 1.807) is 47.4 Å². The average Bonchev–Trinajstić information content (AvgIpc) is 3.03. The molecule has 1 aliphatic heterocycles. The molecule has 12 nitrogen and oxygen atoms in total. The lowest BCUT2D eigenvalue weighted by Crippen LogP contribution is -2.59. The first-order valence-corrected chi connectivity index (χ1v) is 20.4. The molecule has 5 rings (SSSR count). The van der Waals surface area contributed by atoms with Gasteiger partial charge in [0.2, 0.25) is 10.0 Å². The fraction of sp³-hybridized carbons (Fsp3) is 0.382. The number of hydroxylamine groups is 1. The van der Waals surface area contributed by atoms with Crippen LogP contribution in [0.2, 0.25) is 10.0 Å². The lowest BCUT2D eigenvalue weighted by atomic mass is 9.76. The Morgan fingerprint density at radius 1 is 0.940 bits per heavy atom. The maximum atomic E-state index is 14.4. The van der Waals surface area contributed by atoms with Gasteiger partial charge < -0.3 is 9.64 Å². The standard InChI is InChI=1S/C34H37Cl2N3O9S2/c1-47-30-15-12-20(16-25(30)29(40)19-49(2,43)44)18-48-37-33(41)31-22-8-4-5-9-23(22)34(42)39(32(31)24-14-13-21(35)17-26(24)36)28-11-7-6-10-27(28)38-50(3,45)46/h4-5,8-9,12-17,27-28,31-32,38H,6-7,10-11,18-19H2,1-3H3,(H,37,41)/t27-,28?,31+,32-/m0/s1. The van der Waals surface area contributed by atoms with Gasteiger partial charge in [-0.05, 0) is 59.9 Å². The third kappa shape index (κ3) is 8.67. The van der Waals surface area contributed by atoms with Crippen molar-refractivity contribution >= 4 is 60.7 Å². The number of carbonyl (C=O) groups is 3. The maximum Gasteiger partial charge on any atom is 0.255 e. The second-order valence-electron chi connectivity index (χ2n) is 12.5. The summed E-state index contributed by atoms with van der Waals surface area (Å²) < 4.78 is 56.4. The molecule has 3 aromatic carbocycles. The molecule has 1 heterocycles. The third-order valence-electron chi connectivity index (χ3n) is 8.76. The summed E-state index contributed by atoms with van der Waals surface area (Å²) in [6.45, 7) is -0.207. The van der Waals surface area contributed by atoms with Gasteiger partial charge in [-0.25, -0.2) is 27.0 Å². The Kier molecular flexibility index (Phi) is 11.6. The molecule has 2 N–H and O–H groups in total. The second-order valence-corrected chi connectivity index (χ2v) is 17.3. The molecule has 3 aromatic rings. The van der Waals surface area contributed by atoms with Crippen LogP contribution in [-0.4, -0.2) is 76.8 Å².